The highest BCUT2D eigenvalue weighted by molar-refractivity contribution is 7.13. The summed E-state index contributed by atoms with van der Waals surface area (Å²) in [6.45, 7) is 0. The van der Waals surface area contributed by atoms with Crippen molar-refractivity contribution in [3.8, 4) is 21.7 Å². The van der Waals surface area contributed by atoms with Crippen LogP contribution in [0.1, 0.15) is 10.4 Å². The molecule has 6 nitrogen and oxygen atoms in total. The van der Waals surface area contributed by atoms with Crippen LogP contribution in [0.2, 0.25) is 5.02 Å². The third-order valence-corrected chi connectivity index (χ3v) is 6.15. The van der Waals surface area contributed by atoms with Crippen molar-refractivity contribution in [2.45, 2.75) is 0 Å². The Balaban J connectivity index is 1.91. The number of thiazole rings is 1. The maximum absolute atomic E-state index is 12.8. The standard InChI is InChI=1S/C23H16ClN3O3S/c1-26-20(15-11-13-17(24)14-12-15)21(16-7-3-2-4-8-16)31-23(26)25-22(28)18-9-5-6-10-19(18)27(29)30/h2-14H,1H3. The average Bonchev–Trinajstić information content (AvgIpc) is 3.11. The first kappa shape index (κ1) is 20.7. The van der Waals surface area contributed by atoms with Gasteiger partial charge in [-0.2, -0.15) is 4.99 Å². The number of nitro groups is 1. The van der Waals surface area contributed by atoms with Crippen molar-refractivity contribution in [3.05, 3.63) is 104 Å². The van der Waals surface area contributed by atoms with Gasteiger partial charge < -0.3 is 4.57 Å². The number of rotatable bonds is 4. The number of hydrogen-bond donors (Lipinski definition) is 0. The number of amides is 1. The van der Waals surface area contributed by atoms with Crippen molar-refractivity contribution in [3.63, 3.8) is 0 Å². The van der Waals surface area contributed by atoms with Crippen LogP contribution < -0.4 is 4.80 Å². The second kappa shape index (κ2) is 8.67. The topological polar surface area (TPSA) is 77.5 Å². The maximum atomic E-state index is 12.8. The number of halogens is 1. The summed E-state index contributed by atoms with van der Waals surface area (Å²) >= 11 is 7.40. The van der Waals surface area contributed by atoms with E-state index in [4.69, 9.17) is 11.6 Å². The Kier molecular flexibility index (Phi) is 5.79. The summed E-state index contributed by atoms with van der Waals surface area (Å²) < 4.78 is 1.82. The predicted octanol–water partition coefficient (Wildman–Crippen LogP) is 5.72. The van der Waals surface area contributed by atoms with Crippen molar-refractivity contribution in [1.82, 2.24) is 4.57 Å². The SMILES string of the molecule is Cn1c(-c2ccc(Cl)cc2)c(-c2ccccc2)sc1=NC(=O)c1ccccc1[N+](=O)[O-]. The molecule has 0 N–H and O–H groups in total. The summed E-state index contributed by atoms with van der Waals surface area (Å²) in [5, 5.41) is 11.9. The Morgan fingerprint density at radius 1 is 0.968 bits per heavy atom. The van der Waals surface area contributed by atoms with Crippen molar-refractivity contribution in [2.75, 3.05) is 0 Å². The van der Waals surface area contributed by atoms with Crippen molar-refractivity contribution < 1.29 is 9.72 Å². The zero-order chi connectivity index (χ0) is 22.0. The van der Waals surface area contributed by atoms with Gasteiger partial charge in [0.25, 0.3) is 11.6 Å². The number of benzene rings is 3. The van der Waals surface area contributed by atoms with Crippen LogP contribution in [0.15, 0.2) is 83.9 Å². The number of carbonyl (C=O) groups is 1. The van der Waals surface area contributed by atoms with E-state index in [1.54, 1.807) is 18.2 Å². The first-order valence-electron chi connectivity index (χ1n) is 9.29. The minimum absolute atomic E-state index is 0.0461. The molecule has 0 saturated carbocycles. The van der Waals surface area contributed by atoms with Crippen molar-refractivity contribution in [1.29, 1.82) is 0 Å². The van der Waals surface area contributed by atoms with Gasteiger partial charge in [-0.15, -0.1) is 0 Å². The van der Waals surface area contributed by atoms with E-state index in [1.165, 1.54) is 29.5 Å². The monoisotopic (exact) mass is 449 g/mol. The summed E-state index contributed by atoms with van der Waals surface area (Å²) in [5.41, 5.74) is 2.46. The van der Waals surface area contributed by atoms with E-state index in [0.29, 0.717) is 9.82 Å². The Hall–Kier alpha value is -3.55. The summed E-state index contributed by atoms with van der Waals surface area (Å²) in [4.78, 5) is 29.2. The average molecular weight is 450 g/mol. The van der Waals surface area contributed by atoms with Gasteiger partial charge in [0.2, 0.25) is 0 Å². The molecule has 1 amide bonds. The van der Waals surface area contributed by atoms with Crippen LogP contribution in [-0.4, -0.2) is 15.4 Å². The number of hydrogen-bond acceptors (Lipinski definition) is 4. The van der Waals surface area contributed by atoms with Gasteiger partial charge in [-0.05, 0) is 29.3 Å². The smallest absolute Gasteiger partial charge is 0.286 e. The fourth-order valence-electron chi connectivity index (χ4n) is 3.23. The van der Waals surface area contributed by atoms with Crippen LogP contribution in [0.5, 0.6) is 0 Å². The Labute approximate surface area is 186 Å². The highest BCUT2D eigenvalue weighted by Gasteiger charge is 2.20. The molecule has 4 rings (SSSR count). The molecule has 0 fully saturated rings. The lowest BCUT2D eigenvalue weighted by Gasteiger charge is -2.07. The molecule has 1 heterocycles. The fourth-order valence-corrected chi connectivity index (χ4v) is 4.50. The summed E-state index contributed by atoms with van der Waals surface area (Å²) in [5.74, 6) is -0.661. The molecule has 8 heteroatoms. The van der Waals surface area contributed by atoms with E-state index in [0.717, 1.165) is 21.7 Å². The van der Waals surface area contributed by atoms with Gasteiger partial charge in [0.15, 0.2) is 4.80 Å². The van der Waals surface area contributed by atoms with Crippen LogP contribution >= 0.6 is 22.9 Å². The van der Waals surface area contributed by atoms with Crippen LogP contribution in [0.4, 0.5) is 5.69 Å². The van der Waals surface area contributed by atoms with E-state index >= 15 is 0 Å². The molecule has 154 valence electrons. The number of aromatic nitrogens is 1. The molecule has 0 atom stereocenters. The van der Waals surface area contributed by atoms with Gasteiger partial charge in [-0.1, -0.05) is 77.5 Å². The van der Waals surface area contributed by atoms with Gasteiger partial charge in [-0.3, -0.25) is 14.9 Å². The van der Waals surface area contributed by atoms with Gasteiger partial charge in [0.1, 0.15) is 5.56 Å². The molecule has 0 saturated heterocycles. The first-order valence-corrected chi connectivity index (χ1v) is 10.5. The number of carbonyl (C=O) groups excluding carboxylic acids is 1. The Morgan fingerprint density at radius 2 is 1.61 bits per heavy atom. The summed E-state index contributed by atoms with van der Waals surface area (Å²) in [7, 11) is 1.82. The minimum atomic E-state index is -0.661. The molecule has 0 spiro atoms. The van der Waals surface area contributed by atoms with Gasteiger partial charge in [0.05, 0.1) is 15.5 Å². The molecule has 31 heavy (non-hydrogen) atoms. The molecule has 3 aromatic carbocycles. The first-order chi connectivity index (χ1) is 15.0. The lowest BCUT2D eigenvalue weighted by molar-refractivity contribution is -0.385. The zero-order valence-corrected chi connectivity index (χ0v) is 17.9. The third kappa shape index (κ3) is 4.19. The van der Waals surface area contributed by atoms with E-state index in [9.17, 15) is 14.9 Å². The highest BCUT2D eigenvalue weighted by atomic mass is 35.5. The van der Waals surface area contributed by atoms with E-state index in [2.05, 4.69) is 4.99 Å². The summed E-state index contributed by atoms with van der Waals surface area (Å²) in [6, 6.07) is 23.0. The maximum Gasteiger partial charge on any atom is 0.286 e. The second-order valence-corrected chi connectivity index (χ2v) is 8.10. The molecule has 0 radical (unpaired) electrons. The highest BCUT2D eigenvalue weighted by Crippen LogP contribution is 2.34. The van der Waals surface area contributed by atoms with Crippen molar-refractivity contribution >= 4 is 34.5 Å². The van der Waals surface area contributed by atoms with Crippen LogP contribution in [0.3, 0.4) is 0 Å². The lowest BCUT2D eigenvalue weighted by atomic mass is 10.1. The second-order valence-electron chi connectivity index (χ2n) is 6.69. The largest absolute Gasteiger partial charge is 0.319 e. The number of nitrogens with zero attached hydrogens (tertiary/aromatic N) is 3. The third-order valence-electron chi connectivity index (χ3n) is 4.71. The molecule has 4 aromatic rings. The quantitative estimate of drug-likeness (QED) is 0.295. The van der Waals surface area contributed by atoms with Crippen molar-refractivity contribution in [2.24, 2.45) is 12.0 Å². The molecule has 1 aromatic heterocycles. The number of para-hydroxylation sites is 1. The zero-order valence-electron chi connectivity index (χ0n) is 16.4. The molecular formula is C23H16ClN3O3S. The predicted molar refractivity (Wildman–Crippen MR) is 122 cm³/mol. The Morgan fingerprint density at radius 3 is 2.29 bits per heavy atom. The molecule has 0 bridgehead atoms. The van der Waals surface area contributed by atoms with E-state index in [-0.39, 0.29) is 11.3 Å². The van der Waals surface area contributed by atoms with Crippen LogP contribution in [0, 0.1) is 10.1 Å². The minimum Gasteiger partial charge on any atom is -0.319 e. The van der Waals surface area contributed by atoms with Gasteiger partial charge >= 0.3 is 0 Å². The fraction of sp³-hybridized carbons (Fsp3) is 0.0435. The molecule has 0 unspecified atom stereocenters. The molecular weight excluding hydrogens is 434 g/mol. The molecule has 0 aliphatic carbocycles. The normalized spacial score (nSPS) is 11.5. The number of nitro benzene ring substituents is 1. The van der Waals surface area contributed by atoms with E-state index in [1.807, 2.05) is 54.1 Å². The summed E-state index contributed by atoms with van der Waals surface area (Å²) in [6.07, 6.45) is 0. The lowest BCUT2D eigenvalue weighted by Crippen LogP contribution is -2.15. The van der Waals surface area contributed by atoms with Crippen LogP contribution in [0.25, 0.3) is 21.7 Å². The Bertz CT molecular complexity index is 1340. The molecule has 0 aliphatic rings. The van der Waals surface area contributed by atoms with E-state index < -0.39 is 10.8 Å². The van der Waals surface area contributed by atoms with Gasteiger partial charge in [0, 0.05) is 18.1 Å². The molecule has 0 aliphatic heterocycles. The van der Waals surface area contributed by atoms with Crippen LogP contribution in [-0.2, 0) is 7.05 Å². The van der Waals surface area contributed by atoms with Gasteiger partial charge in [-0.25, -0.2) is 0 Å².